The first-order valence-electron chi connectivity index (χ1n) is 7.02. The molecule has 0 spiro atoms. The summed E-state index contributed by atoms with van der Waals surface area (Å²) < 4.78 is 0. The van der Waals surface area contributed by atoms with Crippen molar-refractivity contribution in [2.45, 2.75) is 25.7 Å². The van der Waals surface area contributed by atoms with E-state index in [0.717, 1.165) is 12.8 Å². The van der Waals surface area contributed by atoms with E-state index in [1.165, 1.54) is 0 Å². The Hall–Kier alpha value is -1.79. The lowest BCUT2D eigenvalue weighted by Crippen LogP contribution is -2.47. The molecule has 0 bridgehead atoms. The molecule has 3 N–H and O–H groups in total. The molecule has 7 nitrogen and oxygen atoms in total. The molecule has 0 aromatic heterocycles. The summed E-state index contributed by atoms with van der Waals surface area (Å²) in [6.45, 7) is 2.08. The van der Waals surface area contributed by atoms with Crippen molar-refractivity contribution in [1.29, 1.82) is 0 Å². The second-order valence-electron chi connectivity index (χ2n) is 5.67. The van der Waals surface area contributed by atoms with Crippen LogP contribution >= 0.6 is 0 Å². The topological polar surface area (TPSA) is 104 Å². The predicted molar refractivity (Wildman–Crippen MR) is 70.8 cm³/mol. The van der Waals surface area contributed by atoms with Gasteiger partial charge in [0.2, 0.25) is 5.91 Å². The van der Waals surface area contributed by atoms with Gasteiger partial charge in [-0.2, -0.15) is 0 Å². The van der Waals surface area contributed by atoms with Crippen LogP contribution < -0.4 is 5.73 Å². The first-order valence-corrected chi connectivity index (χ1v) is 7.02. The lowest BCUT2D eigenvalue weighted by Gasteiger charge is -2.34. The van der Waals surface area contributed by atoms with Crippen LogP contribution in [0.1, 0.15) is 25.7 Å². The standard InChI is InChI=1S/C13H21N3O4/c14-12(19)10-3-5-16(8-10)13(20)15-4-1-2-9(7-15)6-11(17)18/h9-10H,1-8H2,(H2,14,19)(H,17,18). The minimum absolute atomic E-state index is 0.0275. The average molecular weight is 283 g/mol. The number of nitrogens with zero attached hydrogens (tertiary/aromatic N) is 2. The van der Waals surface area contributed by atoms with Crippen LogP contribution in [0.25, 0.3) is 0 Å². The summed E-state index contributed by atoms with van der Waals surface area (Å²) in [7, 11) is 0. The molecule has 0 aliphatic carbocycles. The van der Waals surface area contributed by atoms with E-state index in [0.29, 0.717) is 32.6 Å². The SMILES string of the molecule is NC(=O)C1CCN(C(=O)N2CCCC(CC(=O)O)C2)C1. The molecule has 7 heteroatoms. The molecule has 2 rings (SSSR count). The van der Waals surface area contributed by atoms with Gasteiger partial charge in [-0.25, -0.2) is 4.79 Å². The summed E-state index contributed by atoms with van der Waals surface area (Å²) in [6.07, 6.45) is 2.40. The Labute approximate surface area is 117 Å². The molecule has 20 heavy (non-hydrogen) atoms. The molecule has 0 aromatic rings. The van der Waals surface area contributed by atoms with Crippen LogP contribution in [-0.2, 0) is 9.59 Å². The molecular formula is C13H21N3O4. The zero-order valence-electron chi connectivity index (χ0n) is 11.5. The second kappa shape index (κ2) is 6.11. The number of urea groups is 1. The molecule has 2 unspecified atom stereocenters. The van der Waals surface area contributed by atoms with E-state index in [-0.39, 0.29) is 30.2 Å². The van der Waals surface area contributed by atoms with E-state index in [2.05, 4.69) is 0 Å². The summed E-state index contributed by atoms with van der Waals surface area (Å²) in [5, 5.41) is 8.83. The number of hydrogen-bond donors (Lipinski definition) is 2. The van der Waals surface area contributed by atoms with Crippen LogP contribution in [0.15, 0.2) is 0 Å². The number of aliphatic carboxylic acids is 1. The zero-order chi connectivity index (χ0) is 14.7. The highest BCUT2D eigenvalue weighted by atomic mass is 16.4. The molecule has 2 fully saturated rings. The van der Waals surface area contributed by atoms with Gasteiger partial charge in [0, 0.05) is 32.6 Å². The van der Waals surface area contributed by atoms with Crippen LogP contribution in [0, 0.1) is 11.8 Å². The summed E-state index contributed by atoms with van der Waals surface area (Å²) in [4.78, 5) is 37.6. The van der Waals surface area contributed by atoms with Crippen LogP contribution in [-0.4, -0.2) is 59.0 Å². The summed E-state index contributed by atoms with van der Waals surface area (Å²) >= 11 is 0. The number of nitrogens with two attached hydrogens (primary N) is 1. The third-order valence-corrected chi connectivity index (χ3v) is 4.11. The van der Waals surface area contributed by atoms with Crippen molar-refractivity contribution >= 4 is 17.9 Å². The van der Waals surface area contributed by atoms with Gasteiger partial charge >= 0.3 is 12.0 Å². The number of likely N-dealkylation sites (tertiary alicyclic amines) is 2. The molecule has 2 aliphatic rings. The molecule has 0 radical (unpaired) electrons. The molecule has 2 heterocycles. The van der Waals surface area contributed by atoms with Gasteiger partial charge in [-0.05, 0) is 25.2 Å². The number of hydrogen-bond acceptors (Lipinski definition) is 3. The van der Waals surface area contributed by atoms with E-state index in [1.54, 1.807) is 9.80 Å². The minimum Gasteiger partial charge on any atom is -0.481 e. The maximum absolute atomic E-state index is 12.4. The van der Waals surface area contributed by atoms with Crippen molar-refractivity contribution in [3.63, 3.8) is 0 Å². The van der Waals surface area contributed by atoms with Gasteiger partial charge < -0.3 is 20.6 Å². The smallest absolute Gasteiger partial charge is 0.320 e. The third-order valence-electron chi connectivity index (χ3n) is 4.11. The Morgan fingerprint density at radius 3 is 2.40 bits per heavy atom. The highest BCUT2D eigenvalue weighted by Gasteiger charge is 2.34. The fraction of sp³-hybridized carbons (Fsp3) is 0.769. The number of carboxylic acid groups (broad SMARTS) is 1. The maximum Gasteiger partial charge on any atom is 0.320 e. The highest BCUT2D eigenvalue weighted by molar-refractivity contribution is 5.80. The number of primary amides is 1. The first kappa shape index (κ1) is 14.6. The molecular weight excluding hydrogens is 262 g/mol. The Morgan fingerprint density at radius 2 is 1.80 bits per heavy atom. The zero-order valence-corrected chi connectivity index (χ0v) is 11.5. The Morgan fingerprint density at radius 1 is 1.10 bits per heavy atom. The Balaban J connectivity index is 1.89. The number of piperidine rings is 1. The monoisotopic (exact) mass is 283 g/mol. The molecule has 112 valence electrons. The van der Waals surface area contributed by atoms with Gasteiger partial charge in [-0.15, -0.1) is 0 Å². The normalized spacial score (nSPS) is 26.6. The number of carboxylic acids is 1. The van der Waals surface area contributed by atoms with E-state index < -0.39 is 5.97 Å². The van der Waals surface area contributed by atoms with Gasteiger partial charge in [0.25, 0.3) is 0 Å². The van der Waals surface area contributed by atoms with Crippen molar-refractivity contribution in [3.8, 4) is 0 Å². The van der Waals surface area contributed by atoms with Crippen molar-refractivity contribution in [3.05, 3.63) is 0 Å². The lowest BCUT2D eigenvalue weighted by molar-refractivity contribution is -0.138. The minimum atomic E-state index is -0.820. The van der Waals surface area contributed by atoms with E-state index in [4.69, 9.17) is 10.8 Å². The molecule has 2 atom stereocenters. The van der Waals surface area contributed by atoms with Gasteiger partial charge in [0.1, 0.15) is 0 Å². The predicted octanol–water partition coefficient (Wildman–Crippen LogP) is 0.100. The second-order valence-corrected chi connectivity index (χ2v) is 5.67. The Bertz CT molecular complexity index is 412. The average Bonchev–Trinajstić information content (AvgIpc) is 2.87. The van der Waals surface area contributed by atoms with Crippen molar-refractivity contribution in [2.75, 3.05) is 26.2 Å². The van der Waals surface area contributed by atoms with Gasteiger partial charge in [-0.3, -0.25) is 9.59 Å². The lowest BCUT2D eigenvalue weighted by atomic mass is 9.95. The number of carbonyl (C=O) groups is 3. The number of amides is 3. The Kier molecular flexibility index (Phi) is 4.46. The highest BCUT2D eigenvalue weighted by Crippen LogP contribution is 2.23. The third kappa shape index (κ3) is 3.40. The van der Waals surface area contributed by atoms with Gasteiger partial charge in [0.15, 0.2) is 0 Å². The van der Waals surface area contributed by atoms with Crippen LogP contribution in [0.2, 0.25) is 0 Å². The largest absolute Gasteiger partial charge is 0.481 e. The van der Waals surface area contributed by atoms with E-state index in [1.807, 2.05) is 0 Å². The van der Waals surface area contributed by atoms with Crippen LogP contribution in [0.4, 0.5) is 4.79 Å². The molecule has 0 saturated carbocycles. The summed E-state index contributed by atoms with van der Waals surface area (Å²) in [5.41, 5.74) is 5.26. The molecule has 0 aromatic carbocycles. The number of carbonyl (C=O) groups excluding carboxylic acids is 2. The van der Waals surface area contributed by atoms with Gasteiger partial charge in [-0.1, -0.05) is 0 Å². The summed E-state index contributed by atoms with van der Waals surface area (Å²) in [6, 6.07) is -0.0937. The van der Waals surface area contributed by atoms with Crippen molar-refractivity contribution in [2.24, 2.45) is 17.6 Å². The molecule has 3 amide bonds. The fourth-order valence-corrected chi connectivity index (χ4v) is 3.02. The van der Waals surface area contributed by atoms with E-state index in [9.17, 15) is 14.4 Å². The van der Waals surface area contributed by atoms with Crippen LogP contribution in [0.5, 0.6) is 0 Å². The fourth-order valence-electron chi connectivity index (χ4n) is 3.02. The number of rotatable bonds is 3. The van der Waals surface area contributed by atoms with E-state index >= 15 is 0 Å². The quantitative estimate of drug-likeness (QED) is 0.766. The first-order chi connectivity index (χ1) is 9.47. The maximum atomic E-state index is 12.4. The van der Waals surface area contributed by atoms with Crippen molar-refractivity contribution < 1.29 is 19.5 Å². The van der Waals surface area contributed by atoms with Gasteiger partial charge in [0.05, 0.1) is 5.92 Å². The molecule has 2 aliphatic heterocycles. The summed E-state index contributed by atoms with van der Waals surface area (Å²) in [5.74, 6) is -1.40. The van der Waals surface area contributed by atoms with Crippen LogP contribution in [0.3, 0.4) is 0 Å². The molecule has 2 saturated heterocycles. The van der Waals surface area contributed by atoms with Crippen molar-refractivity contribution in [1.82, 2.24) is 9.80 Å².